The van der Waals surface area contributed by atoms with E-state index in [2.05, 4.69) is 20.0 Å². The lowest BCUT2D eigenvalue weighted by atomic mass is 9.97. The number of carbonyl (C=O) groups is 1. The molecule has 0 saturated heterocycles. The highest BCUT2D eigenvalue weighted by Crippen LogP contribution is 2.26. The monoisotopic (exact) mass is 504 g/mol. The minimum atomic E-state index is -3.88. The lowest BCUT2D eigenvalue weighted by Crippen LogP contribution is -2.17. The topological polar surface area (TPSA) is 101 Å². The summed E-state index contributed by atoms with van der Waals surface area (Å²) in [4.78, 5) is 20.6. The number of ketones is 1. The van der Waals surface area contributed by atoms with Crippen LogP contribution in [0.25, 0.3) is 0 Å². The lowest BCUT2D eigenvalue weighted by Gasteiger charge is -2.20. The third-order valence-electron chi connectivity index (χ3n) is 5.52. The van der Waals surface area contributed by atoms with Gasteiger partial charge in [0.15, 0.2) is 0 Å². The second-order valence-electron chi connectivity index (χ2n) is 8.18. The van der Waals surface area contributed by atoms with Gasteiger partial charge in [0.2, 0.25) is 5.95 Å². The van der Waals surface area contributed by atoms with Crippen LogP contribution in [0.2, 0.25) is 0 Å². The fourth-order valence-electron chi connectivity index (χ4n) is 3.70. The Hall–Kier alpha value is -4.11. The molecule has 0 fully saturated rings. The van der Waals surface area contributed by atoms with Crippen LogP contribution in [-0.4, -0.2) is 24.2 Å². The van der Waals surface area contributed by atoms with Gasteiger partial charge in [-0.05, 0) is 60.0 Å². The number of halogens is 1. The number of aromatic nitrogens is 2. The Kier molecular flexibility index (Phi) is 8.02. The summed E-state index contributed by atoms with van der Waals surface area (Å²) >= 11 is 0. The molecule has 1 atom stereocenters. The Labute approximate surface area is 209 Å². The highest BCUT2D eigenvalue weighted by Gasteiger charge is 2.19. The molecule has 36 heavy (non-hydrogen) atoms. The predicted molar refractivity (Wildman–Crippen MR) is 136 cm³/mol. The number of benzene rings is 3. The fraction of sp³-hybridized carbons (Fsp3) is 0.148. The van der Waals surface area contributed by atoms with Gasteiger partial charge in [-0.3, -0.25) is 4.79 Å². The zero-order chi connectivity index (χ0) is 25.4. The molecule has 0 aliphatic carbocycles. The van der Waals surface area contributed by atoms with Gasteiger partial charge < -0.3 is 5.32 Å². The molecule has 1 aromatic heterocycles. The first-order chi connectivity index (χ1) is 17.4. The van der Waals surface area contributed by atoms with Crippen molar-refractivity contribution in [1.29, 1.82) is 0 Å². The third kappa shape index (κ3) is 6.96. The van der Waals surface area contributed by atoms with Crippen molar-refractivity contribution < 1.29 is 17.6 Å². The lowest BCUT2D eigenvalue weighted by molar-refractivity contribution is -0.119. The number of aryl methyl sites for hydroxylation is 1. The molecule has 0 aliphatic rings. The molecule has 184 valence electrons. The van der Waals surface area contributed by atoms with E-state index in [9.17, 15) is 17.6 Å². The van der Waals surface area contributed by atoms with Crippen LogP contribution in [0, 0.1) is 5.82 Å². The van der Waals surface area contributed by atoms with Gasteiger partial charge >= 0.3 is 0 Å². The number of anilines is 2. The molecule has 1 heterocycles. The summed E-state index contributed by atoms with van der Waals surface area (Å²) in [5, 5.41) is 3.25. The van der Waals surface area contributed by atoms with E-state index in [1.165, 1.54) is 36.7 Å². The first kappa shape index (κ1) is 25.0. The van der Waals surface area contributed by atoms with Crippen molar-refractivity contribution in [2.45, 2.75) is 30.2 Å². The van der Waals surface area contributed by atoms with Crippen molar-refractivity contribution in [2.75, 3.05) is 10.0 Å². The minimum absolute atomic E-state index is 0.0279. The third-order valence-corrected chi connectivity index (χ3v) is 6.86. The van der Waals surface area contributed by atoms with E-state index in [4.69, 9.17) is 0 Å². The normalized spacial score (nSPS) is 12.0. The van der Waals surface area contributed by atoms with Crippen LogP contribution in [-0.2, 0) is 21.2 Å². The zero-order valence-electron chi connectivity index (χ0n) is 19.3. The van der Waals surface area contributed by atoms with Crippen molar-refractivity contribution in [2.24, 2.45) is 0 Å². The quantitative estimate of drug-likeness (QED) is 0.293. The Morgan fingerprint density at radius 2 is 1.61 bits per heavy atom. The Morgan fingerprint density at radius 3 is 2.31 bits per heavy atom. The van der Waals surface area contributed by atoms with Gasteiger partial charge in [-0.25, -0.2) is 27.5 Å². The number of rotatable bonds is 11. The molecule has 0 bridgehead atoms. The Morgan fingerprint density at radius 1 is 0.889 bits per heavy atom. The van der Waals surface area contributed by atoms with E-state index in [1.807, 2.05) is 30.3 Å². The fourth-order valence-corrected chi connectivity index (χ4v) is 4.65. The number of sulfonamides is 1. The highest BCUT2D eigenvalue weighted by atomic mass is 32.2. The molecule has 4 aromatic rings. The molecule has 9 heteroatoms. The van der Waals surface area contributed by atoms with Gasteiger partial charge in [0.1, 0.15) is 11.6 Å². The van der Waals surface area contributed by atoms with Crippen LogP contribution in [0.3, 0.4) is 0 Å². The van der Waals surface area contributed by atoms with Crippen molar-refractivity contribution in [3.63, 3.8) is 0 Å². The molecule has 4 rings (SSSR count). The maximum Gasteiger partial charge on any atom is 0.264 e. The molecule has 2 N–H and O–H groups in total. The summed E-state index contributed by atoms with van der Waals surface area (Å²) in [5.41, 5.74) is 2.30. The molecule has 0 radical (unpaired) electrons. The second kappa shape index (κ2) is 11.5. The van der Waals surface area contributed by atoms with Gasteiger partial charge in [-0.15, -0.1) is 0 Å². The maximum absolute atomic E-state index is 13.9. The number of carbonyl (C=O) groups excluding carboxylic acids is 1. The smallest absolute Gasteiger partial charge is 0.264 e. The number of hydrogen-bond donors (Lipinski definition) is 2. The molecular weight excluding hydrogens is 479 g/mol. The summed E-state index contributed by atoms with van der Waals surface area (Å²) in [5.74, 6) is -0.390. The molecular formula is C27H25FN4O3S. The zero-order valence-corrected chi connectivity index (χ0v) is 20.2. The average molecular weight is 505 g/mol. The summed E-state index contributed by atoms with van der Waals surface area (Å²) in [6.07, 6.45) is 4.02. The van der Waals surface area contributed by atoms with E-state index in [0.717, 1.165) is 5.56 Å². The van der Waals surface area contributed by atoms with Gasteiger partial charge in [-0.2, -0.15) is 0 Å². The van der Waals surface area contributed by atoms with Gasteiger partial charge in [-0.1, -0.05) is 42.5 Å². The molecule has 0 aliphatic heterocycles. The predicted octanol–water partition coefficient (Wildman–Crippen LogP) is 5.16. The van der Waals surface area contributed by atoms with Crippen LogP contribution in [0.4, 0.5) is 16.0 Å². The molecule has 1 unspecified atom stereocenters. The molecule has 0 spiro atoms. The van der Waals surface area contributed by atoms with Crippen molar-refractivity contribution in [3.8, 4) is 0 Å². The van der Waals surface area contributed by atoms with Gasteiger partial charge in [0, 0.05) is 30.9 Å². The standard InChI is InChI=1S/C27H25FN4O3S/c28-22-9-4-8-21(18-22)26(19-24(33)13-10-20-6-2-1-3-7-20)31-23-11-14-25(15-12-23)36(34,35)32-27-29-16-5-17-30-27/h1-9,11-12,14-18,26,31H,10,13,19H2,(H,29,30,32). The maximum atomic E-state index is 13.9. The first-order valence-electron chi connectivity index (χ1n) is 11.4. The summed E-state index contributed by atoms with van der Waals surface area (Å²) in [6.45, 7) is 0. The summed E-state index contributed by atoms with van der Waals surface area (Å²) < 4.78 is 41.5. The van der Waals surface area contributed by atoms with Crippen LogP contribution >= 0.6 is 0 Å². The van der Waals surface area contributed by atoms with Crippen LogP contribution in [0.5, 0.6) is 0 Å². The molecule has 3 aromatic carbocycles. The summed E-state index contributed by atoms with van der Waals surface area (Å²) in [6, 6.07) is 23.0. The minimum Gasteiger partial charge on any atom is -0.378 e. The van der Waals surface area contributed by atoms with Crippen LogP contribution in [0.15, 0.2) is 102 Å². The number of nitrogens with zero attached hydrogens (tertiary/aromatic N) is 2. The first-order valence-corrected chi connectivity index (χ1v) is 12.8. The average Bonchev–Trinajstić information content (AvgIpc) is 2.88. The van der Waals surface area contributed by atoms with E-state index < -0.39 is 21.9 Å². The van der Waals surface area contributed by atoms with Crippen LogP contribution < -0.4 is 10.0 Å². The molecule has 0 saturated carbocycles. The van der Waals surface area contributed by atoms with Gasteiger partial charge in [0.05, 0.1) is 10.9 Å². The van der Waals surface area contributed by atoms with Gasteiger partial charge in [0.25, 0.3) is 10.0 Å². The number of Topliss-reactive ketones (excluding diaryl/α,β-unsaturated/α-hetero) is 1. The largest absolute Gasteiger partial charge is 0.378 e. The Bertz CT molecular complexity index is 1400. The second-order valence-corrected chi connectivity index (χ2v) is 9.87. The van der Waals surface area contributed by atoms with E-state index in [1.54, 1.807) is 30.3 Å². The number of hydrogen-bond acceptors (Lipinski definition) is 6. The van der Waals surface area contributed by atoms with E-state index in [-0.39, 0.29) is 23.0 Å². The SMILES string of the molecule is O=C(CCc1ccccc1)CC(Nc1ccc(S(=O)(=O)Nc2ncccn2)cc1)c1cccc(F)c1. The van der Waals surface area contributed by atoms with E-state index in [0.29, 0.717) is 24.1 Å². The van der Waals surface area contributed by atoms with E-state index >= 15 is 0 Å². The van der Waals surface area contributed by atoms with Crippen molar-refractivity contribution >= 4 is 27.4 Å². The molecule has 7 nitrogen and oxygen atoms in total. The highest BCUT2D eigenvalue weighted by molar-refractivity contribution is 7.92. The Balaban J connectivity index is 1.47. The van der Waals surface area contributed by atoms with Crippen molar-refractivity contribution in [1.82, 2.24) is 9.97 Å². The summed E-state index contributed by atoms with van der Waals surface area (Å²) in [7, 11) is -3.88. The molecule has 0 amide bonds. The van der Waals surface area contributed by atoms with Crippen molar-refractivity contribution in [3.05, 3.63) is 114 Å². The van der Waals surface area contributed by atoms with Crippen LogP contribution in [0.1, 0.15) is 30.0 Å². The number of nitrogens with one attached hydrogen (secondary N) is 2.